The zero-order valence-electron chi connectivity index (χ0n) is 18.6. The molecule has 0 radical (unpaired) electrons. The highest BCUT2D eigenvalue weighted by molar-refractivity contribution is 14.0. The van der Waals surface area contributed by atoms with E-state index in [2.05, 4.69) is 20.9 Å². The van der Waals surface area contributed by atoms with Crippen LogP contribution in [0.4, 0.5) is 4.79 Å². The zero-order valence-corrected chi connectivity index (χ0v) is 20.9. The number of amides is 1. The summed E-state index contributed by atoms with van der Waals surface area (Å²) in [4.78, 5) is 16.1. The van der Waals surface area contributed by atoms with Gasteiger partial charge in [-0.15, -0.1) is 24.0 Å². The van der Waals surface area contributed by atoms with Crippen molar-refractivity contribution >= 4 is 36.0 Å². The Kier molecular flexibility index (Phi) is 16.5. The fraction of sp³-hybridized carbons (Fsp3) is 0.900. The maximum absolute atomic E-state index is 11.6. The second-order valence-corrected chi connectivity index (χ2v) is 7.95. The molecule has 1 fully saturated rings. The van der Waals surface area contributed by atoms with Crippen LogP contribution in [-0.2, 0) is 14.2 Å². The van der Waals surface area contributed by atoms with Crippen molar-refractivity contribution < 1.29 is 19.0 Å². The number of carbonyl (C=O) groups excluding carboxylic acids is 1. The molecule has 1 heterocycles. The van der Waals surface area contributed by atoms with Crippen LogP contribution in [0.3, 0.4) is 0 Å². The van der Waals surface area contributed by atoms with Gasteiger partial charge in [0.05, 0.1) is 0 Å². The van der Waals surface area contributed by atoms with Gasteiger partial charge in [0, 0.05) is 52.6 Å². The van der Waals surface area contributed by atoms with Gasteiger partial charge in [0.15, 0.2) is 5.96 Å². The van der Waals surface area contributed by atoms with Gasteiger partial charge in [-0.2, -0.15) is 0 Å². The molecule has 0 aromatic heterocycles. The molecule has 9 heteroatoms. The quantitative estimate of drug-likeness (QED) is 0.165. The topological polar surface area (TPSA) is 93.2 Å². The first-order valence-electron chi connectivity index (χ1n) is 10.5. The molecule has 0 saturated carbocycles. The Morgan fingerprint density at radius 2 is 1.79 bits per heavy atom. The van der Waals surface area contributed by atoms with E-state index in [4.69, 9.17) is 14.2 Å². The summed E-state index contributed by atoms with van der Waals surface area (Å²) >= 11 is 0. The summed E-state index contributed by atoms with van der Waals surface area (Å²) < 4.78 is 16.3. The second-order valence-electron chi connectivity index (χ2n) is 7.95. The first kappa shape index (κ1) is 28.2. The molecule has 1 aliphatic heterocycles. The van der Waals surface area contributed by atoms with Crippen LogP contribution in [0.5, 0.6) is 0 Å². The SMILES string of the molecule is CCNC(=NCCCNC(=O)OC(C)(C)C)NCCCOCC1CCOCC1.I. The maximum Gasteiger partial charge on any atom is 0.407 e. The molecule has 1 amide bonds. The number of alkyl carbamates (subject to hydrolysis) is 1. The van der Waals surface area contributed by atoms with Gasteiger partial charge in [0.25, 0.3) is 0 Å². The number of hydrogen-bond donors (Lipinski definition) is 3. The normalized spacial score (nSPS) is 15.4. The lowest BCUT2D eigenvalue weighted by Crippen LogP contribution is -2.38. The highest BCUT2D eigenvalue weighted by Crippen LogP contribution is 2.14. The van der Waals surface area contributed by atoms with Crippen LogP contribution in [0.1, 0.15) is 53.4 Å². The third kappa shape index (κ3) is 16.7. The average molecular weight is 528 g/mol. The predicted molar refractivity (Wildman–Crippen MR) is 127 cm³/mol. The lowest BCUT2D eigenvalue weighted by molar-refractivity contribution is 0.0203. The molecule has 8 nitrogen and oxygen atoms in total. The Morgan fingerprint density at radius 1 is 1.10 bits per heavy atom. The van der Waals surface area contributed by atoms with Crippen molar-refractivity contribution in [1.29, 1.82) is 0 Å². The Bertz CT molecular complexity index is 452. The van der Waals surface area contributed by atoms with Gasteiger partial charge >= 0.3 is 6.09 Å². The van der Waals surface area contributed by atoms with E-state index in [1.807, 2.05) is 27.7 Å². The van der Waals surface area contributed by atoms with Crippen molar-refractivity contribution in [2.75, 3.05) is 52.6 Å². The van der Waals surface area contributed by atoms with Crippen molar-refractivity contribution in [2.45, 2.75) is 59.0 Å². The van der Waals surface area contributed by atoms with Crippen LogP contribution >= 0.6 is 24.0 Å². The summed E-state index contributed by atoms with van der Waals surface area (Å²) in [6.45, 7) is 13.7. The van der Waals surface area contributed by atoms with E-state index in [1.54, 1.807) is 0 Å². The largest absolute Gasteiger partial charge is 0.444 e. The summed E-state index contributed by atoms with van der Waals surface area (Å²) in [5, 5.41) is 9.29. The van der Waals surface area contributed by atoms with Gasteiger partial charge in [-0.25, -0.2) is 4.79 Å². The zero-order chi connectivity index (χ0) is 20.7. The standard InChI is InChI=1S/C20H40N4O4.HI/c1-5-21-18(22-10-6-11-24-19(25)28-20(2,3)4)23-12-7-13-27-16-17-8-14-26-15-9-17;/h17H,5-16H2,1-4H3,(H,24,25)(H2,21,22,23);1H. The second kappa shape index (κ2) is 16.9. The predicted octanol–water partition coefficient (Wildman–Crippen LogP) is 2.91. The number of hydrogen-bond acceptors (Lipinski definition) is 5. The Labute approximate surface area is 193 Å². The van der Waals surface area contributed by atoms with Gasteiger partial charge in [0.1, 0.15) is 5.60 Å². The number of carbonyl (C=O) groups is 1. The van der Waals surface area contributed by atoms with Gasteiger partial charge in [-0.1, -0.05) is 0 Å². The van der Waals surface area contributed by atoms with Crippen molar-refractivity contribution in [1.82, 2.24) is 16.0 Å². The molecule has 1 aliphatic rings. The van der Waals surface area contributed by atoms with Crippen LogP contribution in [0.2, 0.25) is 0 Å². The molecule has 1 rings (SSSR count). The molecular formula is C20H41IN4O4. The van der Waals surface area contributed by atoms with E-state index in [1.165, 1.54) is 0 Å². The minimum absolute atomic E-state index is 0. The minimum Gasteiger partial charge on any atom is -0.444 e. The fourth-order valence-electron chi connectivity index (χ4n) is 2.66. The number of ether oxygens (including phenoxy) is 3. The first-order chi connectivity index (χ1) is 13.4. The number of nitrogens with one attached hydrogen (secondary N) is 3. The van der Waals surface area contributed by atoms with E-state index in [0.29, 0.717) is 19.0 Å². The minimum atomic E-state index is -0.473. The molecule has 0 bridgehead atoms. The fourth-order valence-corrected chi connectivity index (χ4v) is 2.66. The molecule has 3 N–H and O–H groups in total. The molecule has 0 spiro atoms. The van der Waals surface area contributed by atoms with Crippen molar-refractivity contribution in [3.8, 4) is 0 Å². The molecule has 0 aromatic rings. The molecule has 0 aliphatic carbocycles. The van der Waals surface area contributed by atoms with Crippen molar-refractivity contribution in [3.05, 3.63) is 0 Å². The maximum atomic E-state index is 11.6. The number of nitrogens with zero attached hydrogens (tertiary/aromatic N) is 1. The lowest BCUT2D eigenvalue weighted by atomic mass is 10.0. The number of halogens is 1. The molecule has 0 aromatic carbocycles. The van der Waals surface area contributed by atoms with Crippen molar-refractivity contribution in [2.24, 2.45) is 10.9 Å². The smallest absolute Gasteiger partial charge is 0.407 e. The average Bonchev–Trinajstić information content (AvgIpc) is 2.63. The number of aliphatic imine (C=N–C) groups is 1. The van der Waals surface area contributed by atoms with Gasteiger partial charge in [-0.3, -0.25) is 4.99 Å². The highest BCUT2D eigenvalue weighted by Gasteiger charge is 2.15. The summed E-state index contributed by atoms with van der Waals surface area (Å²) in [6, 6.07) is 0. The van der Waals surface area contributed by atoms with E-state index in [0.717, 1.165) is 71.2 Å². The summed E-state index contributed by atoms with van der Waals surface area (Å²) in [5.41, 5.74) is -0.473. The Hall–Kier alpha value is -0.810. The van der Waals surface area contributed by atoms with Crippen LogP contribution in [0.15, 0.2) is 4.99 Å². The van der Waals surface area contributed by atoms with E-state index < -0.39 is 5.60 Å². The van der Waals surface area contributed by atoms with Crippen LogP contribution in [-0.4, -0.2) is 70.3 Å². The Balaban J connectivity index is 0.00000784. The number of rotatable bonds is 11. The van der Waals surface area contributed by atoms with Gasteiger partial charge in [0.2, 0.25) is 0 Å². The summed E-state index contributed by atoms with van der Waals surface area (Å²) in [7, 11) is 0. The highest BCUT2D eigenvalue weighted by atomic mass is 127. The molecule has 172 valence electrons. The lowest BCUT2D eigenvalue weighted by Gasteiger charge is -2.21. The van der Waals surface area contributed by atoms with Crippen LogP contribution < -0.4 is 16.0 Å². The van der Waals surface area contributed by atoms with Crippen LogP contribution in [0.25, 0.3) is 0 Å². The Morgan fingerprint density at radius 3 is 2.45 bits per heavy atom. The van der Waals surface area contributed by atoms with E-state index in [9.17, 15) is 4.79 Å². The summed E-state index contributed by atoms with van der Waals surface area (Å²) in [6.07, 6.45) is 3.52. The van der Waals surface area contributed by atoms with E-state index in [-0.39, 0.29) is 30.1 Å². The van der Waals surface area contributed by atoms with E-state index >= 15 is 0 Å². The third-order valence-corrected chi connectivity index (χ3v) is 4.07. The van der Waals surface area contributed by atoms with Gasteiger partial charge < -0.3 is 30.2 Å². The van der Waals surface area contributed by atoms with Crippen molar-refractivity contribution in [3.63, 3.8) is 0 Å². The number of guanidine groups is 1. The third-order valence-electron chi connectivity index (χ3n) is 4.07. The first-order valence-corrected chi connectivity index (χ1v) is 10.5. The summed E-state index contributed by atoms with van der Waals surface area (Å²) in [5.74, 6) is 1.44. The van der Waals surface area contributed by atoms with Crippen LogP contribution in [0, 0.1) is 5.92 Å². The monoisotopic (exact) mass is 528 g/mol. The molecule has 0 atom stereocenters. The molecule has 1 saturated heterocycles. The van der Waals surface area contributed by atoms with Gasteiger partial charge in [-0.05, 0) is 59.3 Å². The molecule has 0 unspecified atom stereocenters. The molecule has 29 heavy (non-hydrogen) atoms. The molecular weight excluding hydrogens is 487 g/mol.